The van der Waals surface area contributed by atoms with Crippen LogP contribution in [0.3, 0.4) is 0 Å². The first-order valence-corrected chi connectivity index (χ1v) is 13.2. The van der Waals surface area contributed by atoms with Crippen LogP contribution in [-0.4, -0.2) is 76.9 Å². The summed E-state index contributed by atoms with van der Waals surface area (Å²) < 4.78 is 33.3. The van der Waals surface area contributed by atoms with E-state index in [0.717, 1.165) is 10.6 Å². The Labute approximate surface area is 204 Å². The second-order valence-corrected chi connectivity index (χ2v) is 11.6. The van der Waals surface area contributed by atoms with Gasteiger partial charge in [-0.2, -0.15) is 4.31 Å². The van der Waals surface area contributed by atoms with Crippen molar-refractivity contribution in [2.24, 2.45) is 0 Å². The Morgan fingerprint density at radius 3 is 2.88 bits per heavy atom. The Balaban J connectivity index is 1.40. The van der Waals surface area contributed by atoms with E-state index in [2.05, 4.69) is 9.97 Å². The number of hydrogen-bond acceptors (Lipinski definition) is 7. The van der Waals surface area contributed by atoms with Gasteiger partial charge in [0.15, 0.2) is 5.01 Å². The summed E-state index contributed by atoms with van der Waals surface area (Å²) >= 11 is 7.25. The van der Waals surface area contributed by atoms with Crippen molar-refractivity contribution in [2.45, 2.75) is 30.5 Å². The van der Waals surface area contributed by atoms with Crippen LogP contribution in [-0.2, 0) is 32.6 Å². The topological polar surface area (TPSA) is 133 Å². The summed E-state index contributed by atoms with van der Waals surface area (Å²) in [5.74, 6) is -1.50. The van der Waals surface area contributed by atoms with E-state index in [-0.39, 0.29) is 42.0 Å². The molecule has 4 heterocycles. The number of carboxylic acids is 1. The van der Waals surface area contributed by atoms with E-state index >= 15 is 0 Å². The monoisotopic (exact) mass is 524 g/mol. The highest BCUT2D eigenvalue weighted by atomic mass is 35.5. The van der Waals surface area contributed by atoms with Crippen molar-refractivity contribution in [2.75, 3.05) is 26.2 Å². The highest BCUT2D eigenvalue weighted by Gasteiger charge is 2.39. The summed E-state index contributed by atoms with van der Waals surface area (Å²) in [5.41, 5.74) is 1.45. The fourth-order valence-corrected chi connectivity index (χ4v) is 6.95. The fraction of sp³-hybridized carbons (Fsp3) is 0.381. The smallest absolute Gasteiger partial charge is 0.305 e. The molecule has 13 heteroatoms. The quantitative estimate of drug-likeness (QED) is 0.523. The second kappa shape index (κ2) is 8.93. The molecule has 0 bridgehead atoms. The molecule has 1 amide bonds. The summed E-state index contributed by atoms with van der Waals surface area (Å²) in [7, 11) is -3.95. The zero-order valence-electron chi connectivity index (χ0n) is 17.9. The van der Waals surface area contributed by atoms with Crippen molar-refractivity contribution in [1.29, 1.82) is 0 Å². The standard InChI is InChI=1S/C21H21ClN4O6S2/c22-13-1-2-15-12(7-13)8-18(23-15)34(30,31)25-4-5-26(14(10-25)9-19(27)28)21(29)20-24-16-3-6-32-11-17(16)33-20/h1-2,7-8,14,23H,3-6,9-11H2,(H,27,28). The van der Waals surface area contributed by atoms with E-state index in [1.165, 1.54) is 26.6 Å². The van der Waals surface area contributed by atoms with Crippen molar-refractivity contribution in [3.05, 3.63) is 44.9 Å². The van der Waals surface area contributed by atoms with E-state index in [1.807, 2.05) is 0 Å². The van der Waals surface area contributed by atoms with Crippen molar-refractivity contribution in [1.82, 2.24) is 19.2 Å². The molecule has 3 aromatic rings. The molecule has 2 aliphatic rings. The number of benzene rings is 1. The largest absolute Gasteiger partial charge is 0.481 e. The molecule has 2 N–H and O–H groups in total. The summed E-state index contributed by atoms with van der Waals surface area (Å²) in [6, 6.07) is 5.69. The number of halogens is 1. The van der Waals surface area contributed by atoms with E-state index in [0.29, 0.717) is 35.6 Å². The molecule has 0 spiro atoms. The summed E-state index contributed by atoms with van der Waals surface area (Å²) in [4.78, 5) is 34.4. The number of fused-ring (bicyclic) bond motifs is 2. The number of amides is 1. The average Bonchev–Trinajstić information content (AvgIpc) is 3.42. The number of carboxylic acid groups (broad SMARTS) is 1. The number of aromatic nitrogens is 2. The predicted octanol–water partition coefficient (Wildman–Crippen LogP) is 2.34. The number of ether oxygens (including phenoxy) is 1. The Kier molecular flexibility index (Phi) is 6.10. The summed E-state index contributed by atoms with van der Waals surface area (Å²) in [6.45, 7) is 0.908. The molecule has 2 aliphatic heterocycles. The number of nitrogens with one attached hydrogen (secondary N) is 1. The number of aromatic amines is 1. The SMILES string of the molecule is O=C(O)CC1CN(S(=O)(=O)c2cc3cc(Cl)ccc3[nH]2)CCN1C(=O)c1nc2c(s1)COCC2. The Morgan fingerprint density at radius 2 is 2.12 bits per heavy atom. The van der Waals surface area contributed by atoms with Gasteiger partial charge in [-0.1, -0.05) is 11.6 Å². The van der Waals surface area contributed by atoms with Crippen LogP contribution in [0.2, 0.25) is 5.02 Å². The number of thiazole rings is 1. The van der Waals surface area contributed by atoms with Gasteiger partial charge in [0.05, 0.1) is 36.2 Å². The number of aliphatic carboxylic acids is 1. The molecular formula is C21H21ClN4O6S2. The lowest BCUT2D eigenvalue weighted by molar-refractivity contribution is -0.138. The zero-order chi connectivity index (χ0) is 24.0. The third-order valence-corrected chi connectivity index (χ3v) is 9.05. The van der Waals surface area contributed by atoms with Crippen LogP contribution in [0.25, 0.3) is 10.9 Å². The second-order valence-electron chi connectivity index (χ2n) is 8.17. The van der Waals surface area contributed by atoms with Gasteiger partial charge in [-0.3, -0.25) is 9.59 Å². The molecule has 180 valence electrons. The van der Waals surface area contributed by atoms with Gasteiger partial charge < -0.3 is 19.7 Å². The number of hydrogen-bond donors (Lipinski definition) is 2. The van der Waals surface area contributed by atoms with Crippen molar-refractivity contribution < 1.29 is 27.9 Å². The van der Waals surface area contributed by atoms with Gasteiger partial charge in [0.25, 0.3) is 15.9 Å². The lowest BCUT2D eigenvalue weighted by atomic mass is 10.1. The van der Waals surface area contributed by atoms with Crippen LogP contribution in [0.5, 0.6) is 0 Å². The average molecular weight is 525 g/mol. The Hall–Kier alpha value is -2.51. The minimum atomic E-state index is -3.95. The molecule has 1 saturated heterocycles. The maximum Gasteiger partial charge on any atom is 0.305 e. The molecule has 2 aromatic heterocycles. The van der Waals surface area contributed by atoms with Crippen molar-refractivity contribution in [3.63, 3.8) is 0 Å². The molecule has 5 rings (SSSR count). The first-order chi connectivity index (χ1) is 16.2. The van der Waals surface area contributed by atoms with Crippen LogP contribution in [0, 0.1) is 0 Å². The minimum Gasteiger partial charge on any atom is -0.481 e. The van der Waals surface area contributed by atoms with E-state index < -0.39 is 22.0 Å². The maximum atomic E-state index is 13.3. The van der Waals surface area contributed by atoms with Crippen molar-refractivity contribution in [3.8, 4) is 0 Å². The van der Waals surface area contributed by atoms with E-state index in [4.69, 9.17) is 16.3 Å². The lowest BCUT2D eigenvalue weighted by Gasteiger charge is -2.39. The first-order valence-electron chi connectivity index (χ1n) is 10.6. The number of carbonyl (C=O) groups is 2. The van der Waals surface area contributed by atoms with E-state index in [9.17, 15) is 23.1 Å². The van der Waals surface area contributed by atoms with Gasteiger partial charge in [0, 0.05) is 42.0 Å². The molecule has 10 nitrogen and oxygen atoms in total. The zero-order valence-corrected chi connectivity index (χ0v) is 20.2. The minimum absolute atomic E-state index is 0.00813. The number of nitrogens with zero attached hydrogens (tertiary/aromatic N) is 3. The van der Waals surface area contributed by atoms with Crippen LogP contribution >= 0.6 is 22.9 Å². The van der Waals surface area contributed by atoms with Crippen LogP contribution in [0.1, 0.15) is 26.8 Å². The number of H-pyrrole nitrogens is 1. The van der Waals surface area contributed by atoms with Gasteiger partial charge >= 0.3 is 5.97 Å². The molecule has 34 heavy (non-hydrogen) atoms. The predicted molar refractivity (Wildman–Crippen MR) is 125 cm³/mol. The van der Waals surface area contributed by atoms with Gasteiger partial charge in [0.2, 0.25) is 0 Å². The summed E-state index contributed by atoms with van der Waals surface area (Å²) in [5, 5.41) is 10.8. The van der Waals surface area contributed by atoms with Gasteiger partial charge in [-0.15, -0.1) is 11.3 Å². The number of rotatable bonds is 5. The maximum absolute atomic E-state index is 13.3. The van der Waals surface area contributed by atoms with E-state index in [1.54, 1.807) is 18.2 Å². The van der Waals surface area contributed by atoms with Gasteiger partial charge in [-0.25, -0.2) is 13.4 Å². The molecule has 1 unspecified atom stereocenters. The van der Waals surface area contributed by atoms with Crippen LogP contribution in [0.4, 0.5) is 0 Å². The number of sulfonamides is 1. The molecule has 1 fully saturated rings. The normalized spacial score (nSPS) is 19.3. The first kappa shape index (κ1) is 23.2. The number of piperazine rings is 1. The molecule has 1 atom stereocenters. The molecule has 1 aromatic carbocycles. The third-order valence-electron chi connectivity index (χ3n) is 5.97. The summed E-state index contributed by atoms with van der Waals surface area (Å²) in [6.07, 6.45) is 0.244. The van der Waals surface area contributed by atoms with Gasteiger partial charge in [0.1, 0.15) is 5.03 Å². The lowest BCUT2D eigenvalue weighted by Crippen LogP contribution is -2.57. The highest BCUT2D eigenvalue weighted by Crippen LogP contribution is 2.29. The third kappa shape index (κ3) is 4.31. The van der Waals surface area contributed by atoms with Crippen molar-refractivity contribution >= 4 is 55.7 Å². The Bertz CT molecular complexity index is 1360. The molecule has 0 radical (unpaired) electrons. The highest BCUT2D eigenvalue weighted by molar-refractivity contribution is 7.89. The number of carbonyl (C=O) groups excluding carboxylic acids is 1. The molecule has 0 aliphatic carbocycles. The molecule has 0 saturated carbocycles. The Morgan fingerprint density at radius 1 is 1.29 bits per heavy atom. The fourth-order valence-electron chi connectivity index (χ4n) is 4.28. The van der Waals surface area contributed by atoms with Crippen LogP contribution < -0.4 is 0 Å². The molecular weight excluding hydrogens is 504 g/mol. The van der Waals surface area contributed by atoms with Gasteiger partial charge in [-0.05, 0) is 24.3 Å². The van der Waals surface area contributed by atoms with Crippen LogP contribution in [0.15, 0.2) is 29.3 Å².